The van der Waals surface area contributed by atoms with Gasteiger partial charge in [-0.05, 0) is 50.1 Å². The molecule has 3 N–H and O–H groups in total. The number of nitrogens with one attached hydrogen (secondary N) is 2. The summed E-state index contributed by atoms with van der Waals surface area (Å²) in [4.78, 5) is 43.9. The normalized spacial score (nSPS) is 23.2. The van der Waals surface area contributed by atoms with Gasteiger partial charge in [0.05, 0.1) is 20.4 Å². The summed E-state index contributed by atoms with van der Waals surface area (Å²) in [7, 11) is 2.99. The molecular weight excluding hydrogens is 450 g/mol. The Hall–Kier alpha value is -3.40. The zero-order chi connectivity index (χ0) is 25.2. The number of aromatic nitrogens is 1. The number of fused-ring (bicyclic) bond motifs is 2. The highest BCUT2D eigenvalue weighted by atomic mass is 16.7. The van der Waals surface area contributed by atoms with Gasteiger partial charge in [0.15, 0.2) is 11.4 Å². The molecular formula is C26H29N3O6. The number of aliphatic hydroxyl groups is 1. The van der Waals surface area contributed by atoms with Gasteiger partial charge in [0.2, 0.25) is 5.78 Å². The zero-order valence-corrected chi connectivity index (χ0v) is 20.0. The number of esters is 1. The fourth-order valence-electron chi connectivity index (χ4n) is 4.70. The van der Waals surface area contributed by atoms with Crippen LogP contribution in [0.15, 0.2) is 53.7 Å². The fraction of sp³-hybridized carbons (Fsp3) is 0.385. The molecule has 1 aliphatic heterocycles. The summed E-state index contributed by atoms with van der Waals surface area (Å²) in [5.74, 6) is -1.20. The topological polar surface area (TPSA) is 130 Å². The molecule has 4 rings (SSSR count). The number of ketones is 2. The van der Waals surface area contributed by atoms with Crippen molar-refractivity contribution < 1.29 is 29.0 Å². The van der Waals surface area contributed by atoms with Gasteiger partial charge in [-0.15, -0.1) is 0 Å². The van der Waals surface area contributed by atoms with Crippen molar-refractivity contribution in [2.75, 3.05) is 32.7 Å². The second-order valence-electron chi connectivity index (χ2n) is 8.78. The second-order valence-corrected chi connectivity index (χ2v) is 8.78. The molecule has 0 saturated carbocycles. The van der Waals surface area contributed by atoms with E-state index in [1.807, 2.05) is 26.1 Å². The molecule has 2 aliphatic rings. The average Bonchev–Trinajstić information content (AvgIpc) is 3.59. The van der Waals surface area contributed by atoms with Crippen molar-refractivity contribution in [3.05, 3.63) is 70.4 Å². The molecule has 1 aromatic heterocycles. The van der Waals surface area contributed by atoms with E-state index in [0.29, 0.717) is 25.1 Å². The van der Waals surface area contributed by atoms with Crippen molar-refractivity contribution in [3.63, 3.8) is 0 Å². The maximum absolute atomic E-state index is 13.5. The molecule has 0 radical (unpaired) electrons. The molecule has 2 aromatic rings. The molecule has 0 spiro atoms. The van der Waals surface area contributed by atoms with Crippen LogP contribution in [-0.2, 0) is 20.7 Å². The molecule has 2 unspecified atom stereocenters. The highest BCUT2D eigenvalue weighted by Gasteiger charge is 2.85. The highest BCUT2D eigenvalue weighted by Crippen LogP contribution is 2.59. The number of carbonyl (C=O) groups excluding carboxylic acids is 3. The average molecular weight is 480 g/mol. The Labute approximate surface area is 203 Å². The molecule has 1 aromatic carbocycles. The predicted octanol–water partition coefficient (Wildman–Crippen LogP) is 2.06. The SMILES string of the molecule is CNCNc1cc(CCC(C)=C(CO)CC23OC2(C(=O)OC)C(=O)c2ccccc2C3=O)ccn1. The Kier molecular flexibility index (Phi) is 6.84. The molecule has 2 heterocycles. The van der Waals surface area contributed by atoms with Gasteiger partial charge < -0.3 is 25.2 Å². The number of carbonyl (C=O) groups is 3. The summed E-state index contributed by atoms with van der Waals surface area (Å²) in [6, 6.07) is 10.2. The molecule has 184 valence electrons. The number of aliphatic hydroxyl groups excluding tert-OH is 1. The van der Waals surface area contributed by atoms with E-state index in [-0.39, 0.29) is 24.2 Å². The number of Topliss-reactive ketones (excluding diaryl/α,β-unsaturated/α-hetero) is 2. The van der Waals surface area contributed by atoms with Gasteiger partial charge in [-0.3, -0.25) is 9.59 Å². The van der Waals surface area contributed by atoms with Crippen molar-refractivity contribution in [3.8, 4) is 0 Å². The molecule has 9 heteroatoms. The first kappa shape index (κ1) is 24.7. The number of hydrogen-bond acceptors (Lipinski definition) is 9. The summed E-state index contributed by atoms with van der Waals surface area (Å²) in [6.45, 7) is 2.13. The van der Waals surface area contributed by atoms with Crippen molar-refractivity contribution in [1.29, 1.82) is 0 Å². The number of rotatable bonds is 10. The number of aryl methyl sites for hydroxylation is 1. The quantitative estimate of drug-likeness (QED) is 0.154. The maximum atomic E-state index is 13.5. The third kappa shape index (κ3) is 4.05. The lowest BCUT2D eigenvalue weighted by Crippen LogP contribution is -2.50. The van der Waals surface area contributed by atoms with Crippen molar-refractivity contribution in [2.24, 2.45) is 0 Å². The van der Waals surface area contributed by atoms with Crippen molar-refractivity contribution in [1.82, 2.24) is 10.3 Å². The first-order chi connectivity index (χ1) is 16.8. The van der Waals surface area contributed by atoms with Crippen LogP contribution in [0.4, 0.5) is 5.82 Å². The molecule has 35 heavy (non-hydrogen) atoms. The van der Waals surface area contributed by atoms with Crippen LogP contribution in [0.5, 0.6) is 0 Å². The van der Waals surface area contributed by atoms with Gasteiger partial charge in [0, 0.05) is 23.7 Å². The monoisotopic (exact) mass is 479 g/mol. The summed E-state index contributed by atoms with van der Waals surface area (Å²) in [6.07, 6.45) is 2.93. The van der Waals surface area contributed by atoms with E-state index in [1.165, 1.54) is 6.07 Å². The summed E-state index contributed by atoms with van der Waals surface area (Å²) in [5, 5.41) is 16.3. The Morgan fingerprint density at radius 2 is 1.89 bits per heavy atom. The number of methoxy groups -OCH3 is 1. The van der Waals surface area contributed by atoms with Gasteiger partial charge in [-0.25, -0.2) is 9.78 Å². The maximum Gasteiger partial charge on any atom is 0.350 e. The van der Waals surface area contributed by atoms with Gasteiger partial charge in [0.25, 0.3) is 5.60 Å². The molecule has 9 nitrogen and oxygen atoms in total. The van der Waals surface area contributed by atoms with Crippen LogP contribution in [0.2, 0.25) is 0 Å². The fourth-order valence-corrected chi connectivity index (χ4v) is 4.70. The van der Waals surface area contributed by atoms with Gasteiger partial charge in [-0.1, -0.05) is 29.8 Å². The number of ether oxygens (including phenoxy) is 2. The van der Waals surface area contributed by atoms with Gasteiger partial charge >= 0.3 is 5.97 Å². The van der Waals surface area contributed by atoms with Crippen LogP contribution >= 0.6 is 0 Å². The summed E-state index contributed by atoms with van der Waals surface area (Å²) >= 11 is 0. The minimum atomic E-state index is -2.02. The largest absolute Gasteiger partial charge is 0.466 e. The van der Waals surface area contributed by atoms with E-state index in [1.54, 1.807) is 24.4 Å². The number of benzene rings is 1. The molecule has 1 saturated heterocycles. The van der Waals surface area contributed by atoms with Crippen molar-refractivity contribution in [2.45, 2.75) is 37.4 Å². The predicted molar refractivity (Wildman–Crippen MR) is 128 cm³/mol. The summed E-state index contributed by atoms with van der Waals surface area (Å²) in [5.41, 5.74) is -0.919. The number of epoxide rings is 1. The van der Waals surface area contributed by atoms with E-state index in [2.05, 4.69) is 15.6 Å². The van der Waals surface area contributed by atoms with E-state index in [4.69, 9.17) is 9.47 Å². The Bertz CT molecular complexity index is 1210. The third-order valence-electron chi connectivity index (χ3n) is 6.75. The van der Waals surface area contributed by atoms with Gasteiger partial charge in [0.1, 0.15) is 5.82 Å². The molecule has 1 aliphatic carbocycles. The molecule has 1 fully saturated rings. The number of nitrogens with zero attached hydrogens (tertiary/aromatic N) is 1. The Balaban J connectivity index is 1.60. The van der Waals surface area contributed by atoms with E-state index >= 15 is 0 Å². The minimum Gasteiger partial charge on any atom is -0.466 e. The third-order valence-corrected chi connectivity index (χ3v) is 6.75. The van der Waals surface area contributed by atoms with Crippen LogP contribution in [0, 0.1) is 0 Å². The lowest BCUT2D eigenvalue weighted by molar-refractivity contribution is -0.145. The number of hydrogen-bond donors (Lipinski definition) is 3. The lowest BCUT2D eigenvalue weighted by atomic mass is 9.71. The zero-order valence-electron chi connectivity index (χ0n) is 20.0. The van der Waals surface area contributed by atoms with Crippen LogP contribution in [0.3, 0.4) is 0 Å². The first-order valence-electron chi connectivity index (χ1n) is 11.4. The van der Waals surface area contributed by atoms with Crippen LogP contribution in [0.25, 0.3) is 0 Å². The molecule has 0 amide bonds. The summed E-state index contributed by atoms with van der Waals surface area (Å²) < 4.78 is 10.7. The molecule has 2 atom stereocenters. The van der Waals surface area contributed by atoms with E-state index in [9.17, 15) is 19.5 Å². The van der Waals surface area contributed by atoms with Crippen LogP contribution in [-0.4, -0.2) is 66.3 Å². The highest BCUT2D eigenvalue weighted by molar-refractivity contribution is 6.32. The second kappa shape index (κ2) is 9.69. The standard InChI is InChI=1S/C26H29N3O6/c1-16(8-9-17-10-11-28-21(12-17)29-15-27-2)18(14-30)13-25-22(31)19-6-4-5-7-20(19)23(32)26(25,35-25)24(33)34-3/h4-7,10-12,27,30H,8-9,13-15H2,1-3H3,(H,28,29). The Morgan fingerprint density at radius 1 is 1.17 bits per heavy atom. The van der Waals surface area contributed by atoms with Crippen molar-refractivity contribution >= 4 is 23.4 Å². The molecule has 0 bridgehead atoms. The van der Waals surface area contributed by atoms with Gasteiger partial charge in [-0.2, -0.15) is 0 Å². The van der Waals surface area contributed by atoms with E-state index < -0.39 is 28.7 Å². The smallest absolute Gasteiger partial charge is 0.350 e. The minimum absolute atomic E-state index is 0.0747. The Morgan fingerprint density at radius 3 is 2.54 bits per heavy atom. The first-order valence-corrected chi connectivity index (χ1v) is 11.4. The van der Waals surface area contributed by atoms with E-state index in [0.717, 1.165) is 24.1 Å². The van der Waals surface area contributed by atoms with Crippen LogP contribution in [0.1, 0.15) is 46.0 Å². The number of allylic oxidation sites excluding steroid dienone is 1. The van der Waals surface area contributed by atoms with Crippen LogP contribution < -0.4 is 10.6 Å². The lowest BCUT2D eigenvalue weighted by Gasteiger charge is -2.24. The number of anilines is 1. The number of pyridine rings is 1.